The van der Waals surface area contributed by atoms with E-state index in [-0.39, 0.29) is 5.92 Å². The van der Waals surface area contributed by atoms with Gasteiger partial charge in [0.15, 0.2) is 6.61 Å². The molecule has 2 fully saturated rings. The predicted molar refractivity (Wildman–Crippen MR) is 112 cm³/mol. The van der Waals surface area contributed by atoms with E-state index in [0.717, 1.165) is 24.8 Å². The molecule has 0 bridgehead atoms. The fraction of sp³-hybridized carbons (Fsp3) is 0.708. The Morgan fingerprint density at radius 3 is 2.45 bits per heavy atom. The Balaban J connectivity index is 2.30. The second-order valence-electron chi connectivity index (χ2n) is 9.28. The quantitative estimate of drug-likeness (QED) is 0.432. The van der Waals surface area contributed by atoms with Crippen molar-refractivity contribution in [2.75, 3.05) is 6.61 Å². The molecule has 0 spiro atoms. The number of ether oxygens (including phenoxy) is 1. The first kappa shape index (κ1) is 23.8. The number of carbonyl (C=O) groups excluding carboxylic acids is 1. The van der Waals surface area contributed by atoms with E-state index in [2.05, 4.69) is 39.5 Å². The molecule has 1 N–H and O–H groups in total. The molecule has 0 aromatic carbocycles. The van der Waals surface area contributed by atoms with Gasteiger partial charge in [-0.3, -0.25) is 4.79 Å². The fourth-order valence-corrected chi connectivity index (χ4v) is 5.58. The summed E-state index contributed by atoms with van der Waals surface area (Å²) in [5.41, 5.74) is 3.09. The molecule has 0 unspecified atom stereocenters. The highest BCUT2D eigenvalue weighted by Crippen LogP contribution is 2.60. The molecule has 0 aliphatic heterocycles. The summed E-state index contributed by atoms with van der Waals surface area (Å²) in [6.07, 6.45) is 3.83. The van der Waals surface area contributed by atoms with Gasteiger partial charge in [0.1, 0.15) is 0 Å². The zero-order valence-corrected chi connectivity index (χ0v) is 18.4. The Hall–Kier alpha value is -1.49. The molecule has 6 atom stereocenters. The van der Waals surface area contributed by atoms with Crippen LogP contribution in [-0.4, -0.2) is 30.2 Å². The first-order chi connectivity index (χ1) is 13.5. The topological polar surface area (TPSA) is 46.5 Å². The van der Waals surface area contributed by atoms with Crippen LogP contribution >= 0.6 is 0 Å². The molecule has 0 aromatic heterocycles. The number of aliphatic hydroxyl groups excluding tert-OH is 1. The van der Waals surface area contributed by atoms with Gasteiger partial charge in [-0.1, -0.05) is 50.1 Å². The molecule has 0 saturated heterocycles. The molecule has 29 heavy (non-hydrogen) atoms. The lowest BCUT2D eigenvalue weighted by atomic mass is 9.57. The third kappa shape index (κ3) is 4.99. The van der Waals surface area contributed by atoms with E-state index in [1.807, 2.05) is 13.8 Å². The lowest BCUT2D eigenvalue weighted by Gasteiger charge is -2.48. The minimum absolute atomic E-state index is 0.139. The molecule has 0 heterocycles. The van der Waals surface area contributed by atoms with Crippen LogP contribution in [0.5, 0.6) is 0 Å². The largest absolute Gasteiger partial charge is 0.459 e. The summed E-state index contributed by atoms with van der Waals surface area (Å²) >= 11 is 0. The second-order valence-corrected chi connectivity index (χ2v) is 9.28. The van der Waals surface area contributed by atoms with Crippen LogP contribution in [0, 0.1) is 29.1 Å². The molecule has 2 rings (SSSR count). The molecule has 0 aromatic rings. The van der Waals surface area contributed by atoms with Gasteiger partial charge >= 0.3 is 5.97 Å². The molecule has 2 saturated carbocycles. The van der Waals surface area contributed by atoms with E-state index in [4.69, 9.17) is 4.74 Å². The number of carbonyl (C=O) groups is 1. The van der Waals surface area contributed by atoms with Crippen molar-refractivity contribution in [3.63, 3.8) is 0 Å². The van der Waals surface area contributed by atoms with E-state index in [9.17, 15) is 18.7 Å². The van der Waals surface area contributed by atoms with Crippen molar-refractivity contribution >= 4 is 5.97 Å². The van der Waals surface area contributed by atoms with Gasteiger partial charge in [0.05, 0.1) is 12.0 Å². The van der Waals surface area contributed by atoms with Crippen LogP contribution in [0.4, 0.5) is 8.78 Å². The first-order valence-electron chi connectivity index (χ1n) is 10.7. The standard InChI is InChI=1S/C24H36F2O3/c1-7-16-18(17(15(4)5)9-8-14(2)3)10-11-24(6)20(16)12-19(22(24)27)23(28)29-13-21(25)26/h8-9,16,18-22,27H,4,7,10-13H2,1-3,5-6H3/b17-9+/t16-,18+,19+,20+,22+,24+/m1/s1. The van der Waals surface area contributed by atoms with Crippen molar-refractivity contribution < 1.29 is 23.4 Å². The minimum atomic E-state index is -2.69. The Kier molecular flexibility index (Phi) is 7.83. The van der Waals surface area contributed by atoms with E-state index in [1.54, 1.807) is 0 Å². The highest BCUT2D eigenvalue weighted by molar-refractivity contribution is 5.74. The number of allylic oxidation sites excluding steroid dienone is 5. The number of rotatable bonds is 7. The maximum absolute atomic E-state index is 12.5. The average Bonchev–Trinajstić information content (AvgIpc) is 2.91. The van der Waals surface area contributed by atoms with E-state index in [1.165, 1.54) is 11.1 Å². The maximum Gasteiger partial charge on any atom is 0.311 e. The summed E-state index contributed by atoms with van der Waals surface area (Å²) in [5.74, 6) is -0.676. The van der Waals surface area contributed by atoms with Crippen LogP contribution in [-0.2, 0) is 9.53 Å². The van der Waals surface area contributed by atoms with Crippen LogP contribution in [0.3, 0.4) is 0 Å². The monoisotopic (exact) mass is 410 g/mol. The lowest BCUT2D eigenvalue weighted by molar-refractivity contribution is -0.157. The molecule has 2 aliphatic carbocycles. The Morgan fingerprint density at radius 1 is 1.28 bits per heavy atom. The van der Waals surface area contributed by atoms with Crippen molar-refractivity contribution in [2.24, 2.45) is 29.1 Å². The number of hydrogen-bond donors (Lipinski definition) is 1. The minimum Gasteiger partial charge on any atom is -0.459 e. The lowest BCUT2D eigenvalue weighted by Crippen LogP contribution is -2.44. The number of esters is 1. The number of aliphatic hydroxyl groups is 1. The van der Waals surface area contributed by atoms with E-state index >= 15 is 0 Å². The molecule has 0 radical (unpaired) electrons. The van der Waals surface area contributed by atoms with Crippen LogP contribution in [0.25, 0.3) is 0 Å². The smallest absolute Gasteiger partial charge is 0.311 e. The Morgan fingerprint density at radius 2 is 1.93 bits per heavy atom. The third-order valence-electron chi connectivity index (χ3n) is 7.05. The molecule has 0 amide bonds. The van der Waals surface area contributed by atoms with Crippen LogP contribution in [0.2, 0.25) is 0 Å². The van der Waals surface area contributed by atoms with Crippen LogP contribution in [0.1, 0.15) is 60.3 Å². The van der Waals surface area contributed by atoms with Crippen molar-refractivity contribution in [1.29, 1.82) is 0 Å². The molecule has 3 nitrogen and oxygen atoms in total. The van der Waals surface area contributed by atoms with Crippen molar-refractivity contribution in [3.8, 4) is 0 Å². The van der Waals surface area contributed by atoms with Gasteiger partial charge in [0.25, 0.3) is 6.43 Å². The highest BCUT2D eigenvalue weighted by Gasteiger charge is 2.59. The van der Waals surface area contributed by atoms with Gasteiger partial charge in [0, 0.05) is 0 Å². The van der Waals surface area contributed by atoms with Crippen molar-refractivity contribution in [2.45, 2.75) is 72.8 Å². The predicted octanol–water partition coefficient (Wildman–Crippen LogP) is 5.70. The Labute approximate surface area is 173 Å². The normalized spacial score (nSPS) is 34.7. The summed E-state index contributed by atoms with van der Waals surface area (Å²) in [4.78, 5) is 12.4. The fourth-order valence-electron chi connectivity index (χ4n) is 5.58. The van der Waals surface area contributed by atoms with E-state index < -0.39 is 36.4 Å². The number of fused-ring (bicyclic) bond motifs is 1. The van der Waals surface area contributed by atoms with Gasteiger partial charge in [0.2, 0.25) is 0 Å². The molecule has 164 valence electrons. The summed E-state index contributed by atoms with van der Waals surface area (Å²) < 4.78 is 29.7. The summed E-state index contributed by atoms with van der Waals surface area (Å²) in [5, 5.41) is 11.0. The van der Waals surface area contributed by atoms with E-state index in [0.29, 0.717) is 18.3 Å². The third-order valence-corrected chi connectivity index (χ3v) is 7.05. The van der Waals surface area contributed by atoms with Gasteiger partial charge in [-0.2, -0.15) is 0 Å². The van der Waals surface area contributed by atoms with Crippen molar-refractivity contribution in [3.05, 3.63) is 35.5 Å². The molecular weight excluding hydrogens is 374 g/mol. The van der Waals surface area contributed by atoms with Gasteiger partial charge in [-0.05, 0) is 68.8 Å². The number of alkyl halides is 2. The SMILES string of the molecule is C=C(C)/C(=C\C=C(C)C)[C@H]1CC[C@]2(C)[C@@H](O)[C@@H](C(=O)OCC(F)F)C[C@H]2[C@@H]1CC. The van der Waals surface area contributed by atoms with Crippen molar-refractivity contribution in [1.82, 2.24) is 0 Å². The maximum atomic E-state index is 12.5. The van der Waals surface area contributed by atoms with Gasteiger partial charge in [-0.25, -0.2) is 8.78 Å². The zero-order valence-electron chi connectivity index (χ0n) is 18.4. The zero-order chi connectivity index (χ0) is 21.9. The highest BCUT2D eigenvalue weighted by atomic mass is 19.3. The molecular formula is C24H36F2O3. The van der Waals surface area contributed by atoms with Gasteiger partial charge < -0.3 is 9.84 Å². The average molecular weight is 411 g/mol. The van der Waals surface area contributed by atoms with Crippen LogP contribution < -0.4 is 0 Å². The summed E-state index contributed by atoms with van der Waals surface area (Å²) in [6, 6.07) is 0. The van der Waals surface area contributed by atoms with Crippen LogP contribution in [0.15, 0.2) is 35.5 Å². The molecule has 5 heteroatoms. The summed E-state index contributed by atoms with van der Waals surface area (Å²) in [6.45, 7) is 13.6. The Bertz CT molecular complexity index is 678. The first-order valence-corrected chi connectivity index (χ1v) is 10.7. The number of halogens is 2. The molecule has 2 aliphatic rings. The summed E-state index contributed by atoms with van der Waals surface area (Å²) in [7, 11) is 0. The number of hydrogen-bond acceptors (Lipinski definition) is 3. The van der Waals surface area contributed by atoms with Gasteiger partial charge in [-0.15, -0.1) is 0 Å². The second kappa shape index (κ2) is 9.55.